The molecule has 1 fully saturated rings. The summed E-state index contributed by atoms with van der Waals surface area (Å²) >= 11 is 0. The zero-order chi connectivity index (χ0) is 17.8. The van der Waals surface area contributed by atoms with Gasteiger partial charge in [-0.15, -0.1) is 0 Å². The Kier molecular flexibility index (Phi) is 5.41. The molecule has 1 aliphatic rings. The molecule has 2 amide bonds. The van der Waals surface area contributed by atoms with Crippen LogP contribution in [0.3, 0.4) is 0 Å². The number of hydrogen-bond acceptors (Lipinski definition) is 2. The predicted molar refractivity (Wildman–Crippen MR) is 99.1 cm³/mol. The number of aromatic nitrogens is 1. The first-order chi connectivity index (χ1) is 12.0. The van der Waals surface area contributed by atoms with Crippen molar-refractivity contribution in [3.63, 3.8) is 0 Å². The average Bonchev–Trinajstić information content (AvgIpc) is 3.03. The molecule has 0 bridgehead atoms. The number of carbonyl (C=O) groups excluding carboxylic acids is 2. The van der Waals surface area contributed by atoms with Gasteiger partial charge < -0.3 is 14.8 Å². The van der Waals surface area contributed by atoms with Crippen LogP contribution in [0.25, 0.3) is 10.9 Å². The first-order valence-electron chi connectivity index (χ1n) is 9.16. The van der Waals surface area contributed by atoms with Gasteiger partial charge in [-0.25, -0.2) is 0 Å². The predicted octanol–water partition coefficient (Wildman–Crippen LogP) is 2.79. The van der Waals surface area contributed by atoms with Crippen molar-refractivity contribution < 1.29 is 9.59 Å². The lowest BCUT2D eigenvalue weighted by atomic mass is 10.0. The SMILES string of the molecule is CC(C)C(=O)N1CCC(NC(=O)CCn2ccc3ccccc32)CC1. The van der Waals surface area contributed by atoms with Crippen LogP contribution >= 0.6 is 0 Å². The van der Waals surface area contributed by atoms with Crippen molar-refractivity contribution >= 4 is 22.7 Å². The topological polar surface area (TPSA) is 54.3 Å². The molecule has 1 aromatic heterocycles. The second-order valence-electron chi connectivity index (χ2n) is 7.14. The summed E-state index contributed by atoms with van der Waals surface area (Å²) in [4.78, 5) is 26.2. The minimum atomic E-state index is 0.0440. The Morgan fingerprint density at radius 3 is 2.60 bits per heavy atom. The third kappa shape index (κ3) is 4.21. The van der Waals surface area contributed by atoms with Gasteiger partial charge in [0, 0.05) is 49.7 Å². The number of para-hydroxylation sites is 1. The summed E-state index contributed by atoms with van der Waals surface area (Å²) in [7, 11) is 0. The first kappa shape index (κ1) is 17.5. The van der Waals surface area contributed by atoms with Gasteiger partial charge in [-0.2, -0.15) is 0 Å². The summed E-state index contributed by atoms with van der Waals surface area (Å²) in [6, 6.07) is 10.5. The van der Waals surface area contributed by atoms with E-state index in [1.807, 2.05) is 37.1 Å². The number of nitrogens with zero attached hydrogens (tertiary/aromatic N) is 2. The number of rotatable bonds is 5. The fourth-order valence-electron chi connectivity index (χ4n) is 3.47. The molecule has 1 aliphatic heterocycles. The zero-order valence-electron chi connectivity index (χ0n) is 15.1. The van der Waals surface area contributed by atoms with E-state index in [0.29, 0.717) is 13.0 Å². The lowest BCUT2D eigenvalue weighted by Crippen LogP contribution is -2.47. The summed E-state index contributed by atoms with van der Waals surface area (Å²) in [6.45, 7) is 6.03. The highest BCUT2D eigenvalue weighted by atomic mass is 16.2. The number of carbonyl (C=O) groups is 2. The second kappa shape index (κ2) is 7.72. The second-order valence-corrected chi connectivity index (χ2v) is 7.14. The fraction of sp³-hybridized carbons (Fsp3) is 0.500. The first-order valence-corrected chi connectivity index (χ1v) is 9.16. The maximum atomic E-state index is 12.3. The van der Waals surface area contributed by atoms with Crippen molar-refractivity contribution in [2.45, 2.75) is 45.7 Å². The molecule has 5 heteroatoms. The van der Waals surface area contributed by atoms with Crippen molar-refractivity contribution in [2.75, 3.05) is 13.1 Å². The third-order valence-electron chi connectivity index (χ3n) is 4.93. The van der Waals surface area contributed by atoms with Gasteiger partial charge >= 0.3 is 0 Å². The van der Waals surface area contributed by atoms with E-state index < -0.39 is 0 Å². The van der Waals surface area contributed by atoms with Crippen LogP contribution in [0.2, 0.25) is 0 Å². The van der Waals surface area contributed by atoms with E-state index in [1.165, 1.54) is 5.39 Å². The standard InChI is InChI=1S/C20H27N3O2/c1-15(2)20(25)23-12-8-17(9-13-23)21-19(24)10-14-22-11-7-16-5-3-4-6-18(16)22/h3-7,11,15,17H,8-10,12-14H2,1-2H3,(H,21,24). The average molecular weight is 341 g/mol. The highest BCUT2D eigenvalue weighted by Gasteiger charge is 2.24. The maximum absolute atomic E-state index is 12.3. The molecule has 0 atom stereocenters. The number of aryl methyl sites for hydroxylation is 1. The van der Waals surface area contributed by atoms with Crippen molar-refractivity contribution in [3.8, 4) is 0 Å². The minimum Gasteiger partial charge on any atom is -0.353 e. The highest BCUT2D eigenvalue weighted by Crippen LogP contribution is 2.16. The molecular formula is C20H27N3O2. The number of likely N-dealkylation sites (tertiary alicyclic amines) is 1. The molecule has 3 rings (SSSR count). The van der Waals surface area contributed by atoms with E-state index in [1.54, 1.807) is 0 Å². The van der Waals surface area contributed by atoms with Gasteiger partial charge in [0.05, 0.1) is 0 Å². The van der Waals surface area contributed by atoms with Gasteiger partial charge in [-0.05, 0) is 30.4 Å². The summed E-state index contributed by atoms with van der Waals surface area (Å²) in [5.41, 5.74) is 1.16. The van der Waals surface area contributed by atoms with Gasteiger partial charge in [0.25, 0.3) is 0 Å². The van der Waals surface area contributed by atoms with E-state index >= 15 is 0 Å². The van der Waals surface area contributed by atoms with Gasteiger partial charge in [0.1, 0.15) is 0 Å². The van der Waals surface area contributed by atoms with Crippen LogP contribution in [0.15, 0.2) is 36.5 Å². The van der Waals surface area contributed by atoms with E-state index in [-0.39, 0.29) is 23.8 Å². The summed E-state index contributed by atoms with van der Waals surface area (Å²) in [5.74, 6) is 0.346. The van der Waals surface area contributed by atoms with Crippen molar-refractivity contribution in [1.82, 2.24) is 14.8 Å². The number of nitrogens with one attached hydrogen (secondary N) is 1. The molecule has 0 radical (unpaired) electrons. The summed E-state index contributed by atoms with van der Waals surface area (Å²) in [6.07, 6.45) is 4.20. The number of fused-ring (bicyclic) bond motifs is 1. The Morgan fingerprint density at radius 1 is 1.16 bits per heavy atom. The Hall–Kier alpha value is -2.30. The Labute approximate surface area is 149 Å². The Balaban J connectivity index is 1.45. The number of benzene rings is 1. The molecule has 1 N–H and O–H groups in total. The molecule has 134 valence electrons. The lowest BCUT2D eigenvalue weighted by Gasteiger charge is -2.33. The normalized spacial score (nSPS) is 15.7. The molecule has 1 saturated heterocycles. The zero-order valence-corrected chi connectivity index (χ0v) is 15.1. The van der Waals surface area contributed by atoms with Crippen LogP contribution in [0, 0.1) is 5.92 Å². The molecular weight excluding hydrogens is 314 g/mol. The Bertz CT molecular complexity index is 742. The number of hydrogen-bond donors (Lipinski definition) is 1. The van der Waals surface area contributed by atoms with Crippen molar-refractivity contribution in [1.29, 1.82) is 0 Å². The monoisotopic (exact) mass is 341 g/mol. The summed E-state index contributed by atoms with van der Waals surface area (Å²) in [5, 5.41) is 4.33. The quantitative estimate of drug-likeness (QED) is 0.909. The van der Waals surface area contributed by atoms with Crippen molar-refractivity contribution in [3.05, 3.63) is 36.5 Å². The van der Waals surface area contributed by atoms with Gasteiger partial charge in [-0.3, -0.25) is 9.59 Å². The summed E-state index contributed by atoms with van der Waals surface area (Å²) < 4.78 is 2.12. The minimum absolute atomic E-state index is 0.0440. The van der Waals surface area contributed by atoms with Gasteiger partial charge in [0.2, 0.25) is 11.8 Å². The molecule has 0 spiro atoms. The largest absolute Gasteiger partial charge is 0.353 e. The van der Waals surface area contributed by atoms with Crippen LogP contribution in [0.5, 0.6) is 0 Å². The molecule has 25 heavy (non-hydrogen) atoms. The number of amides is 2. The lowest BCUT2D eigenvalue weighted by molar-refractivity contribution is -0.135. The Morgan fingerprint density at radius 2 is 1.88 bits per heavy atom. The van der Waals surface area contributed by atoms with Crippen LogP contribution in [0.4, 0.5) is 0 Å². The molecule has 2 heterocycles. The van der Waals surface area contributed by atoms with Crippen LogP contribution in [0.1, 0.15) is 33.1 Å². The molecule has 2 aromatic rings. The van der Waals surface area contributed by atoms with E-state index in [9.17, 15) is 9.59 Å². The third-order valence-corrected chi connectivity index (χ3v) is 4.93. The smallest absolute Gasteiger partial charge is 0.225 e. The van der Waals surface area contributed by atoms with E-state index in [2.05, 4.69) is 28.1 Å². The maximum Gasteiger partial charge on any atom is 0.225 e. The fourth-order valence-corrected chi connectivity index (χ4v) is 3.47. The van der Waals surface area contributed by atoms with Crippen LogP contribution < -0.4 is 5.32 Å². The molecule has 1 aromatic carbocycles. The molecule has 0 unspecified atom stereocenters. The molecule has 5 nitrogen and oxygen atoms in total. The van der Waals surface area contributed by atoms with Gasteiger partial charge in [-0.1, -0.05) is 32.0 Å². The van der Waals surface area contributed by atoms with Crippen molar-refractivity contribution in [2.24, 2.45) is 5.92 Å². The molecule has 0 aliphatic carbocycles. The molecule has 0 saturated carbocycles. The number of piperidine rings is 1. The van der Waals surface area contributed by atoms with Gasteiger partial charge in [0.15, 0.2) is 0 Å². The van der Waals surface area contributed by atoms with E-state index in [0.717, 1.165) is 31.4 Å². The highest BCUT2D eigenvalue weighted by molar-refractivity contribution is 5.81. The van der Waals surface area contributed by atoms with Crippen LogP contribution in [-0.2, 0) is 16.1 Å². The van der Waals surface area contributed by atoms with E-state index in [4.69, 9.17) is 0 Å². The van der Waals surface area contributed by atoms with Crippen LogP contribution in [-0.4, -0.2) is 40.4 Å².